The monoisotopic (exact) mass is 287 g/mol. The normalized spacial score (nSPS) is 24.5. The molecule has 2 saturated heterocycles. The molecule has 116 valence electrons. The summed E-state index contributed by atoms with van der Waals surface area (Å²) in [5, 5.41) is 0. The van der Waals surface area contributed by atoms with Crippen LogP contribution in [0.1, 0.15) is 37.7 Å². The number of likely N-dealkylation sites (tertiary alicyclic amines) is 2. The summed E-state index contributed by atoms with van der Waals surface area (Å²) in [6.45, 7) is 6.51. The van der Waals surface area contributed by atoms with Crippen molar-refractivity contribution in [3.05, 3.63) is 29.8 Å². The molecule has 2 fully saturated rings. The van der Waals surface area contributed by atoms with Crippen LogP contribution in [0.4, 0.5) is 5.69 Å². The molecular formula is C18H29N3. The molecule has 2 N–H and O–H groups in total. The maximum absolute atomic E-state index is 5.73. The van der Waals surface area contributed by atoms with E-state index in [4.69, 9.17) is 5.73 Å². The van der Waals surface area contributed by atoms with Gasteiger partial charge in [-0.05, 0) is 76.0 Å². The quantitative estimate of drug-likeness (QED) is 0.845. The van der Waals surface area contributed by atoms with Gasteiger partial charge in [0.05, 0.1) is 0 Å². The maximum atomic E-state index is 5.73. The average molecular weight is 287 g/mol. The van der Waals surface area contributed by atoms with E-state index in [2.05, 4.69) is 21.9 Å². The van der Waals surface area contributed by atoms with E-state index in [1.165, 1.54) is 76.8 Å². The summed E-state index contributed by atoms with van der Waals surface area (Å²) < 4.78 is 0. The van der Waals surface area contributed by atoms with Crippen LogP contribution in [0.2, 0.25) is 0 Å². The standard InChI is InChI=1S/C18H29N3/c19-17-8-6-16(7-9-17)5-4-11-20-14-10-18(15-20)21-12-2-1-3-13-21/h6-9,18H,1-5,10-15,19H2. The average Bonchev–Trinajstić information content (AvgIpc) is 2.99. The van der Waals surface area contributed by atoms with E-state index in [-0.39, 0.29) is 0 Å². The Balaban J connectivity index is 1.37. The van der Waals surface area contributed by atoms with E-state index in [9.17, 15) is 0 Å². The molecule has 2 aliphatic rings. The van der Waals surface area contributed by atoms with Crippen molar-refractivity contribution in [3.8, 4) is 0 Å². The minimum Gasteiger partial charge on any atom is -0.399 e. The number of benzene rings is 1. The summed E-state index contributed by atoms with van der Waals surface area (Å²) in [4.78, 5) is 5.40. The van der Waals surface area contributed by atoms with Gasteiger partial charge in [0.15, 0.2) is 0 Å². The van der Waals surface area contributed by atoms with Gasteiger partial charge >= 0.3 is 0 Å². The third kappa shape index (κ3) is 4.21. The minimum absolute atomic E-state index is 0.835. The number of piperidine rings is 1. The van der Waals surface area contributed by atoms with Crippen molar-refractivity contribution in [1.82, 2.24) is 9.80 Å². The fourth-order valence-corrected chi connectivity index (χ4v) is 3.79. The molecule has 0 spiro atoms. The summed E-state index contributed by atoms with van der Waals surface area (Å²) in [6.07, 6.45) is 8.07. The number of nitrogens with zero attached hydrogens (tertiary/aromatic N) is 2. The molecule has 1 aromatic carbocycles. The molecule has 2 aliphatic heterocycles. The highest BCUT2D eigenvalue weighted by molar-refractivity contribution is 5.39. The zero-order valence-corrected chi connectivity index (χ0v) is 13.1. The molecule has 0 aliphatic carbocycles. The van der Waals surface area contributed by atoms with Crippen molar-refractivity contribution in [3.63, 3.8) is 0 Å². The van der Waals surface area contributed by atoms with Gasteiger partial charge in [0, 0.05) is 18.3 Å². The molecule has 0 radical (unpaired) electrons. The Morgan fingerprint density at radius 3 is 2.52 bits per heavy atom. The first kappa shape index (κ1) is 14.9. The van der Waals surface area contributed by atoms with Crippen molar-refractivity contribution in [2.45, 2.75) is 44.6 Å². The van der Waals surface area contributed by atoms with Crippen LogP contribution in [0.25, 0.3) is 0 Å². The number of aryl methyl sites for hydroxylation is 1. The number of hydrogen-bond donors (Lipinski definition) is 1. The van der Waals surface area contributed by atoms with Crippen LogP contribution in [-0.4, -0.2) is 48.6 Å². The van der Waals surface area contributed by atoms with Gasteiger partial charge in [-0.25, -0.2) is 0 Å². The van der Waals surface area contributed by atoms with Gasteiger partial charge < -0.3 is 10.6 Å². The lowest BCUT2D eigenvalue weighted by molar-refractivity contribution is 0.162. The highest BCUT2D eigenvalue weighted by Crippen LogP contribution is 2.20. The number of nitrogen functional groups attached to an aromatic ring is 1. The van der Waals surface area contributed by atoms with Gasteiger partial charge in [0.2, 0.25) is 0 Å². The summed E-state index contributed by atoms with van der Waals surface area (Å²) in [5.74, 6) is 0. The van der Waals surface area contributed by atoms with E-state index in [1.807, 2.05) is 12.1 Å². The third-order valence-electron chi connectivity index (χ3n) is 5.07. The summed E-state index contributed by atoms with van der Waals surface area (Å²) in [7, 11) is 0. The predicted octanol–water partition coefficient (Wildman–Crippen LogP) is 2.76. The predicted molar refractivity (Wildman–Crippen MR) is 89.4 cm³/mol. The zero-order chi connectivity index (χ0) is 14.5. The molecule has 3 rings (SSSR count). The van der Waals surface area contributed by atoms with E-state index in [0.717, 1.165) is 11.7 Å². The lowest BCUT2D eigenvalue weighted by Crippen LogP contribution is -2.40. The van der Waals surface area contributed by atoms with Gasteiger partial charge in [-0.2, -0.15) is 0 Å². The number of hydrogen-bond acceptors (Lipinski definition) is 3. The molecule has 0 aromatic heterocycles. The van der Waals surface area contributed by atoms with Gasteiger partial charge in [-0.1, -0.05) is 18.6 Å². The van der Waals surface area contributed by atoms with Gasteiger partial charge in [-0.15, -0.1) is 0 Å². The second kappa shape index (κ2) is 7.28. The van der Waals surface area contributed by atoms with Gasteiger partial charge in [-0.3, -0.25) is 4.90 Å². The Morgan fingerprint density at radius 2 is 1.76 bits per heavy atom. The Bertz CT molecular complexity index is 423. The van der Waals surface area contributed by atoms with Crippen molar-refractivity contribution in [1.29, 1.82) is 0 Å². The summed E-state index contributed by atoms with van der Waals surface area (Å²) >= 11 is 0. The largest absolute Gasteiger partial charge is 0.399 e. The molecule has 21 heavy (non-hydrogen) atoms. The third-order valence-corrected chi connectivity index (χ3v) is 5.07. The van der Waals surface area contributed by atoms with Gasteiger partial charge in [0.25, 0.3) is 0 Å². The van der Waals surface area contributed by atoms with Crippen LogP contribution in [-0.2, 0) is 6.42 Å². The Kier molecular flexibility index (Phi) is 5.15. The molecule has 0 bridgehead atoms. The molecule has 2 heterocycles. The molecular weight excluding hydrogens is 258 g/mol. The first-order valence-electron chi connectivity index (χ1n) is 8.62. The van der Waals surface area contributed by atoms with E-state index in [0.29, 0.717) is 0 Å². The van der Waals surface area contributed by atoms with Gasteiger partial charge in [0.1, 0.15) is 0 Å². The molecule has 1 aromatic rings. The molecule has 1 unspecified atom stereocenters. The summed E-state index contributed by atoms with van der Waals surface area (Å²) in [5.41, 5.74) is 8.00. The van der Waals surface area contributed by atoms with Crippen LogP contribution in [0.3, 0.4) is 0 Å². The summed E-state index contributed by atoms with van der Waals surface area (Å²) in [6, 6.07) is 9.18. The molecule has 3 heteroatoms. The molecule has 3 nitrogen and oxygen atoms in total. The van der Waals surface area contributed by atoms with Crippen LogP contribution in [0.5, 0.6) is 0 Å². The second-order valence-corrected chi connectivity index (χ2v) is 6.68. The van der Waals surface area contributed by atoms with E-state index < -0.39 is 0 Å². The molecule has 0 amide bonds. The Morgan fingerprint density at radius 1 is 1.00 bits per heavy atom. The highest BCUT2D eigenvalue weighted by atomic mass is 15.3. The number of anilines is 1. The van der Waals surface area contributed by atoms with Crippen LogP contribution in [0, 0.1) is 0 Å². The lowest BCUT2D eigenvalue weighted by Gasteiger charge is -2.32. The fourth-order valence-electron chi connectivity index (χ4n) is 3.79. The maximum Gasteiger partial charge on any atom is 0.0314 e. The number of rotatable bonds is 5. The van der Waals surface area contributed by atoms with E-state index >= 15 is 0 Å². The van der Waals surface area contributed by atoms with Crippen LogP contribution in [0.15, 0.2) is 24.3 Å². The Labute approximate surface area is 129 Å². The Hall–Kier alpha value is -1.06. The van der Waals surface area contributed by atoms with Crippen molar-refractivity contribution >= 4 is 5.69 Å². The van der Waals surface area contributed by atoms with Crippen molar-refractivity contribution in [2.75, 3.05) is 38.5 Å². The highest BCUT2D eigenvalue weighted by Gasteiger charge is 2.27. The number of nitrogens with two attached hydrogens (primary N) is 1. The van der Waals surface area contributed by atoms with Crippen molar-refractivity contribution in [2.24, 2.45) is 0 Å². The smallest absolute Gasteiger partial charge is 0.0314 e. The van der Waals surface area contributed by atoms with Crippen LogP contribution < -0.4 is 5.73 Å². The molecule has 1 atom stereocenters. The SMILES string of the molecule is Nc1ccc(CCCN2CCC(N3CCCCC3)C2)cc1. The first-order chi connectivity index (χ1) is 10.3. The fraction of sp³-hybridized carbons (Fsp3) is 0.667. The van der Waals surface area contributed by atoms with Crippen LogP contribution >= 0.6 is 0 Å². The zero-order valence-electron chi connectivity index (χ0n) is 13.1. The first-order valence-corrected chi connectivity index (χ1v) is 8.62. The lowest BCUT2D eigenvalue weighted by atomic mass is 10.1. The minimum atomic E-state index is 0.835. The van der Waals surface area contributed by atoms with Crippen molar-refractivity contribution < 1.29 is 0 Å². The second-order valence-electron chi connectivity index (χ2n) is 6.68. The van der Waals surface area contributed by atoms with E-state index in [1.54, 1.807) is 0 Å². The molecule has 0 saturated carbocycles. The topological polar surface area (TPSA) is 32.5 Å².